The predicted molar refractivity (Wildman–Crippen MR) is 84.3 cm³/mol. The quantitative estimate of drug-likeness (QED) is 0.550. The van der Waals surface area contributed by atoms with Gasteiger partial charge in [0.25, 0.3) is 0 Å². The number of carbonyl (C=O) groups is 2. The lowest BCUT2D eigenvalue weighted by Crippen LogP contribution is -2.26. The molecule has 1 rings (SSSR count). The second-order valence-corrected chi connectivity index (χ2v) is 5.43. The number of hydrogen-bond acceptors (Lipinski definition) is 5. The number of rotatable bonds is 9. The number of pyridine rings is 1. The molecular formula is C15H23N3O5. The first-order valence-electron chi connectivity index (χ1n) is 7.36. The molecule has 128 valence electrons. The molecule has 1 aromatic rings. The van der Waals surface area contributed by atoms with Crippen LogP contribution in [0.25, 0.3) is 0 Å². The van der Waals surface area contributed by atoms with Gasteiger partial charge in [0, 0.05) is 44.9 Å². The Kier molecular flexibility index (Phi) is 7.27. The van der Waals surface area contributed by atoms with Crippen LogP contribution < -0.4 is 10.7 Å². The Labute approximate surface area is 134 Å². The topological polar surface area (TPSA) is 112 Å². The number of aryl methyl sites for hydroxylation is 1. The summed E-state index contributed by atoms with van der Waals surface area (Å²) in [6.07, 6.45) is 2.03. The fourth-order valence-corrected chi connectivity index (χ4v) is 2.10. The second-order valence-electron chi connectivity index (χ2n) is 5.43. The van der Waals surface area contributed by atoms with E-state index in [1.54, 1.807) is 16.5 Å². The average molecular weight is 325 g/mol. The molecular weight excluding hydrogens is 302 g/mol. The number of amides is 1. The van der Waals surface area contributed by atoms with Gasteiger partial charge in [-0.05, 0) is 13.5 Å². The van der Waals surface area contributed by atoms with E-state index >= 15 is 0 Å². The largest absolute Gasteiger partial charge is 0.503 e. The molecule has 0 aliphatic carbocycles. The summed E-state index contributed by atoms with van der Waals surface area (Å²) in [5.41, 5.74) is 0.216. The molecule has 0 fully saturated rings. The van der Waals surface area contributed by atoms with E-state index in [1.807, 2.05) is 0 Å². The summed E-state index contributed by atoms with van der Waals surface area (Å²) in [5.74, 6) is -1.32. The first kappa shape index (κ1) is 18.7. The van der Waals surface area contributed by atoms with Crippen molar-refractivity contribution >= 4 is 11.9 Å². The zero-order valence-electron chi connectivity index (χ0n) is 13.4. The van der Waals surface area contributed by atoms with Crippen molar-refractivity contribution in [1.82, 2.24) is 14.8 Å². The minimum absolute atomic E-state index is 0.0152. The monoisotopic (exact) mass is 325 g/mol. The van der Waals surface area contributed by atoms with Crippen molar-refractivity contribution < 1.29 is 19.8 Å². The van der Waals surface area contributed by atoms with Gasteiger partial charge >= 0.3 is 5.97 Å². The zero-order chi connectivity index (χ0) is 17.4. The number of aromatic hydroxyl groups is 1. The maximum Gasteiger partial charge on any atom is 0.304 e. The van der Waals surface area contributed by atoms with Crippen LogP contribution in [0.15, 0.2) is 17.1 Å². The summed E-state index contributed by atoms with van der Waals surface area (Å²) >= 11 is 0. The van der Waals surface area contributed by atoms with E-state index in [4.69, 9.17) is 5.11 Å². The van der Waals surface area contributed by atoms with Crippen molar-refractivity contribution in [2.75, 3.05) is 20.1 Å². The first-order chi connectivity index (χ1) is 10.8. The highest BCUT2D eigenvalue weighted by Crippen LogP contribution is 2.09. The fraction of sp³-hybridized carbons (Fsp3) is 0.533. The van der Waals surface area contributed by atoms with Crippen LogP contribution in [0.1, 0.15) is 25.5 Å². The molecule has 23 heavy (non-hydrogen) atoms. The number of aromatic nitrogens is 1. The molecule has 0 aliphatic rings. The number of carboxylic acid groups (broad SMARTS) is 1. The Morgan fingerprint density at radius 2 is 2.09 bits per heavy atom. The SMILES string of the molecule is CC(=O)NCCCn1cc(O)c(=O)cc1CN(C)CCC(=O)O. The van der Waals surface area contributed by atoms with Gasteiger partial charge in [-0.15, -0.1) is 0 Å². The molecule has 0 saturated heterocycles. The van der Waals surface area contributed by atoms with E-state index in [0.717, 1.165) is 0 Å². The third-order valence-corrected chi connectivity index (χ3v) is 3.29. The van der Waals surface area contributed by atoms with Crippen molar-refractivity contribution in [1.29, 1.82) is 0 Å². The van der Waals surface area contributed by atoms with Crippen molar-refractivity contribution in [2.24, 2.45) is 0 Å². The molecule has 0 spiro atoms. The van der Waals surface area contributed by atoms with Crippen molar-refractivity contribution in [3.8, 4) is 5.75 Å². The van der Waals surface area contributed by atoms with Crippen molar-refractivity contribution in [3.63, 3.8) is 0 Å². The van der Waals surface area contributed by atoms with Gasteiger partial charge in [0.05, 0.1) is 12.6 Å². The molecule has 0 bridgehead atoms. The number of aliphatic carboxylic acids is 1. The zero-order valence-corrected chi connectivity index (χ0v) is 13.4. The van der Waals surface area contributed by atoms with Crippen LogP contribution in [-0.2, 0) is 22.7 Å². The number of nitrogens with zero attached hydrogens (tertiary/aromatic N) is 2. The third kappa shape index (κ3) is 6.96. The van der Waals surface area contributed by atoms with Gasteiger partial charge < -0.3 is 25.0 Å². The standard InChI is InChI=1S/C15H23N3O5/c1-11(19)16-5-3-6-18-10-14(21)13(20)8-12(18)9-17(2)7-4-15(22)23/h8,10,21H,3-7,9H2,1-2H3,(H,16,19)(H,22,23). The second kappa shape index (κ2) is 8.94. The van der Waals surface area contributed by atoms with E-state index in [0.29, 0.717) is 38.3 Å². The lowest BCUT2D eigenvalue weighted by Gasteiger charge is -2.20. The van der Waals surface area contributed by atoms with Crippen LogP contribution in [0.3, 0.4) is 0 Å². The van der Waals surface area contributed by atoms with E-state index in [2.05, 4.69) is 5.32 Å². The molecule has 3 N–H and O–H groups in total. The van der Waals surface area contributed by atoms with Gasteiger partial charge in [-0.3, -0.25) is 14.4 Å². The maximum atomic E-state index is 11.6. The highest BCUT2D eigenvalue weighted by molar-refractivity contribution is 5.72. The minimum atomic E-state index is -0.879. The summed E-state index contributed by atoms with van der Waals surface area (Å²) in [5, 5.41) is 21.0. The van der Waals surface area contributed by atoms with Crippen LogP contribution in [0.2, 0.25) is 0 Å². The van der Waals surface area contributed by atoms with Gasteiger partial charge in [-0.2, -0.15) is 0 Å². The number of carboxylic acids is 1. The lowest BCUT2D eigenvalue weighted by atomic mass is 10.2. The number of hydrogen-bond donors (Lipinski definition) is 3. The molecule has 0 aromatic carbocycles. The van der Waals surface area contributed by atoms with Gasteiger partial charge in [0.15, 0.2) is 5.75 Å². The average Bonchev–Trinajstić information content (AvgIpc) is 2.46. The van der Waals surface area contributed by atoms with Gasteiger partial charge in [-0.1, -0.05) is 0 Å². The van der Waals surface area contributed by atoms with Crippen LogP contribution >= 0.6 is 0 Å². The molecule has 8 heteroatoms. The van der Waals surface area contributed by atoms with Gasteiger partial charge in [-0.25, -0.2) is 0 Å². The van der Waals surface area contributed by atoms with E-state index in [-0.39, 0.29) is 18.1 Å². The number of nitrogens with one attached hydrogen (secondary N) is 1. The smallest absolute Gasteiger partial charge is 0.304 e. The minimum Gasteiger partial charge on any atom is -0.503 e. The summed E-state index contributed by atoms with van der Waals surface area (Å²) in [4.78, 5) is 34.9. The van der Waals surface area contributed by atoms with E-state index < -0.39 is 11.4 Å². The summed E-state index contributed by atoms with van der Waals surface area (Å²) in [7, 11) is 1.77. The Morgan fingerprint density at radius 3 is 2.70 bits per heavy atom. The molecule has 0 radical (unpaired) electrons. The summed E-state index contributed by atoms with van der Waals surface area (Å²) in [6, 6.07) is 1.35. The molecule has 8 nitrogen and oxygen atoms in total. The van der Waals surface area contributed by atoms with E-state index in [1.165, 1.54) is 19.2 Å². The maximum absolute atomic E-state index is 11.6. The molecule has 0 unspecified atom stereocenters. The highest BCUT2D eigenvalue weighted by Gasteiger charge is 2.10. The van der Waals surface area contributed by atoms with Crippen LogP contribution in [-0.4, -0.2) is 51.7 Å². The van der Waals surface area contributed by atoms with Crippen LogP contribution in [0.4, 0.5) is 0 Å². The predicted octanol–water partition coefficient (Wildman–Crippen LogP) is -0.0134. The molecule has 1 aromatic heterocycles. The summed E-state index contributed by atoms with van der Waals surface area (Å²) < 4.78 is 1.75. The number of carbonyl (C=O) groups excluding carboxylic acids is 1. The van der Waals surface area contributed by atoms with Gasteiger partial charge in [0.2, 0.25) is 11.3 Å². The first-order valence-corrected chi connectivity index (χ1v) is 7.36. The summed E-state index contributed by atoms with van der Waals surface area (Å²) in [6.45, 7) is 3.21. The highest BCUT2D eigenvalue weighted by atomic mass is 16.4. The Bertz CT molecular complexity index is 612. The Balaban J connectivity index is 2.75. The Hall–Kier alpha value is -2.35. The molecule has 1 amide bonds. The van der Waals surface area contributed by atoms with E-state index in [9.17, 15) is 19.5 Å². The van der Waals surface area contributed by atoms with Crippen molar-refractivity contribution in [3.05, 3.63) is 28.2 Å². The van der Waals surface area contributed by atoms with Gasteiger partial charge in [0.1, 0.15) is 0 Å². The van der Waals surface area contributed by atoms with Crippen LogP contribution in [0.5, 0.6) is 5.75 Å². The van der Waals surface area contributed by atoms with Crippen molar-refractivity contribution in [2.45, 2.75) is 32.9 Å². The lowest BCUT2D eigenvalue weighted by molar-refractivity contribution is -0.137. The van der Waals surface area contributed by atoms with Crippen LogP contribution in [0, 0.1) is 0 Å². The molecule has 1 heterocycles. The molecule has 0 saturated carbocycles. The third-order valence-electron chi connectivity index (χ3n) is 3.29. The molecule has 0 atom stereocenters. The Morgan fingerprint density at radius 1 is 1.39 bits per heavy atom. The normalized spacial score (nSPS) is 10.7. The fourth-order valence-electron chi connectivity index (χ4n) is 2.10. The molecule has 0 aliphatic heterocycles.